The van der Waals surface area contributed by atoms with Crippen molar-refractivity contribution < 1.29 is 0 Å². The highest BCUT2D eigenvalue weighted by Gasteiger charge is 2.43. The molecule has 0 radical (unpaired) electrons. The lowest BCUT2D eigenvalue weighted by Crippen LogP contribution is -2.48. The summed E-state index contributed by atoms with van der Waals surface area (Å²) in [6, 6.07) is 4.51. The average molecular weight is 218 g/mol. The van der Waals surface area contributed by atoms with Gasteiger partial charge in [0, 0.05) is 39.1 Å². The predicted octanol–water partition coefficient (Wildman–Crippen LogP) is 0.821. The molecule has 0 bridgehead atoms. The van der Waals surface area contributed by atoms with E-state index in [4.69, 9.17) is 10.5 Å². The zero-order valence-electron chi connectivity index (χ0n) is 9.65. The van der Waals surface area contributed by atoms with Gasteiger partial charge in [-0.3, -0.25) is 4.90 Å². The first kappa shape index (κ1) is 11.4. The van der Waals surface area contributed by atoms with E-state index >= 15 is 0 Å². The second kappa shape index (κ2) is 4.82. The van der Waals surface area contributed by atoms with Gasteiger partial charge < -0.3 is 4.90 Å². The van der Waals surface area contributed by atoms with Crippen LogP contribution in [0.2, 0.25) is 0 Å². The molecule has 2 aliphatic rings. The molecule has 1 saturated carbocycles. The maximum Gasteiger partial charge on any atom is 0.0866 e. The third-order valence-corrected chi connectivity index (χ3v) is 3.73. The van der Waals surface area contributed by atoms with Crippen LogP contribution in [0.25, 0.3) is 0 Å². The normalized spacial score (nSPS) is 24.6. The highest BCUT2D eigenvalue weighted by atomic mass is 15.3. The third kappa shape index (κ3) is 2.72. The second-order valence-electron chi connectivity index (χ2n) is 5.05. The summed E-state index contributed by atoms with van der Waals surface area (Å²) in [6.07, 6.45) is 3.16. The van der Waals surface area contributed by atoms with E-state index in [1.54, 1.807) is 0 Å². The van der Waals surface area contributed by atoms with E-state index in [0.29, 0.717) is 18.4 Å². The molecule has 0 N–H and O–H groups in total. The Morgan fingerprint density at radius 1 is 0.938 bits per heavy atom. The van der Waals surface area contributed by atoms with Gasteiger partial charge >= 0.3 is 0 Å². The van der Waals surface area contributed by atoms with Gasteiger partial charge in [0.25, 0.3) is 0 Å². The summed E-state index contributed by atoms with van der Waals surface area (Å²) >= 11 is 0. The molecule has 0 aromatic rings. The number of hydrogen-bond donors (Lipinski definition) is 0. The molecule has 2 rings (SSSR count). The zero-order chi connectivity index (χ0) is 11.4. The molecule has 16 heavy (non-hydrogen) atoms. The van der Waals surface area contributed by atoms with E-state index in [1.165, 1.54) is 12.8 Å². The molecule has 2 fully saturated rings. The van der Waals surface area contributed by atoms with Crippen LogP contribution in [0.3, 0.4) is 0 Å². The van der Waals surface area contributed by atoms with Gasteiger partial charge in [0.1, 0.15) is 0 Å². The van der Waals surface area contributed by atoms with E-state index in [1.807, 2.05) is 0 Å². The van der Waals surface area contributed by atoms with E-state index in [0.717, 1.165) is 32.7 Å². The lowest BCUT2D eigenvalue weighted by molar-refractivity contribution is 0.123. The average Bonchev–Trinajstić information content (AvgIpc) is 3.02. The van der Waals surface area contributed by atoms with Crippen LogP contribution in [0.1, 0.15) is 19.3 Å². The van der Waals surface area contributed by atoms with Crippen molar-refractivity contribution in [2.75, 3.05) is 39.3 Å². The summed E-state index contributed by atoms with van der Waals surface area (Å²) < 4.78 is 0. The summed E-state index contributed by atoms with van der Waals surface area (Å²) in [5.74, 6) is 0. The van der Waals surface area contributed by atoms with Crippen LogP contribution in [0.5, 0.6) is 0 Å². The SMILES string of the molecule is N#CCN1CCN(CC2(CC#N)CC2)CC1. The quantitative estimate of drug-likeness (QED) is 0.656. The van der Waals surface area contributed by atoms with Gasteiger partial charge in [0.15, 0.2) is 0 Å². The summed E-state index contributed by atoms with van der Waals surface area (Å²) in [7, 11) is 0. The molecule has 0 spiro atoms. The molecular weight excluding hydrogens is 200 g/mol. The number of rotatable bonds is 4. The smallest absolute Gasteiger partial charge is 0.0866 e. The molecular formula is C12H18N4. The Labute approximate surface area is 97.0 Å². The van der Waals surface area contributed by atoms with Crippen molar-refractivity contribution in [3.8, 4) is 12.1 Å². The Morgan fingerprint density at radius 2 is 1.56 bits per heavy atom. The van der Waals surface area contributed by atoms with Crippen LogP contribution in [-0.4, -0.2) is 49.1 Å². The van der Waals surface area contributed by atoms with Gasteiger partial charge in [-0.2, -0.15) is 10.5 Å². The molecule has 0 amide bonds. The fourth-order valence-electron chi connectivity index (χ4n) is 2.42. The number of nitriles is 2. The van der Waals surface area contributed by atoms with Crippen LogP contribution >= 0.6 is 0 Å². The van der Waals surface area contributed by atoms with Crippen molar-refractivity contribution in [2.45, 2.75) is 19.3 Å². The fraction of sp³-hybridized carbons (Fsp3) is 0.833. The molecule has 1 saturated heterocycles. The minimum absolute atomic E-state index is 0.326. The van der Waals surface area contributed by atoms with Crippen molar-refractivity contribution >= 4 is 0 Å². The van der Waals surface area contributed by atoms with Gasteiger partial charge in [-0.15, -0.1) is 0 Å². The molecule has 4 heteroatoms. The lowest BCUT2D eigenvalue weighted by Gasteiger charge is -2.35. The van der Waals surface area contributed by atoms with Crippen molar-refractivity contribution in [2.24, 2.45) is 5.41 Å². The van der Waals surface area contributed by atoms with E-state index in [2.05, 4.69) is 21.9 Å². The fourth-order valence-corrected chi connectivity index (χ4v) is 2.42. The summed E-state index contributed by atoms with van der Waals surface area (Å²) in [4.78, 5) is 4.65. The topological polar surface area (TPSA) is 54.1 Å². The van der Waals surface area contributed by atoms with Crippen LogP contribution < -0.4 is 0 Å². The van der Waals surface area contributed by atoms with Crippen molar-refractivity contribution in [3.05, 3.63) is 0 Å². The molecule has 0 atom stereocenters. The minimum Gasteiger partial charge on any atom is -0.300 e. The Hall–Kier alpha value is -1.10. The highest BCUT2D eigenvalue weighted by Crippen LogP contribution is 2.49. The first-order valence-corrected chi connectivity index (χ1v) is 5.97. The second-order valence-corrected chi connectivity index (χ2v) is 5.05. The summed E-state index contributed by atoms with van der Waals surface area (Å²) in [6.45, 7) is 5.73. The zero-order valence-corrected chi connectivity index (χ0v) is 9.65. The molecule has 1 aliphatic carbocycles. The number of nitrogens with zero attached hydrogens (tertiary/aromatic N) is 4. The molecule has 1 heterocycles. The van der Waals surface area contributed by atoms with Gasteiger partial charge in [-0.25, -0.2) is 0 Å². The standard InChI is InChI=1S/C12H18N4/c13-4-3-12(1-2-12)11-16-9-7-15(6-5-14)8-10-16/h1-3,6-11H2. The van der Waals surface area contributed by atoms with Gasteiger partial charge in [-0.1, -0.05) is 0 Å². The summed E-state index contributed by atoms with van der Waals surface area (Å²) in [5.41, 5.74) is 0.326. The first-order valence-electron chi connectivity index (χ1n) is 5.97. The predicted molar refractivity (Wildman–Crippen MR) is 60.4 cm³/mol. The van der Waals surface area contributed by atoms with Crippen molar-refractivity contribution in [3.63, 3.8) is 0 Å². The van der Waals surface area contributed by atoms with E-state index in [9.17, 15) is 0 Å². The highest BCUT2D eigenvalue weighted by molar-refractivity contribution is 5.01. The Balaban J connectivity index is 1.74. The largest absolute Gasteiger partial charge is 0.300 e. The van der Waals surface area contributed by atoms with E-state index < -0.39 is 0 Å². The number of piperazine rings is 1. The monoisotopic (exact) mass is 218 g/mol. The molecule has 0 aromatic carbocycles. The van der Waals surface area contributed by atoms with Gasteiger partial charge in [0.2, 0.25) is 0 Å². The molecule has 1 aliphatic heterocycles. The van der Waals surface area contributed by atoms with Gasteiger partial charge in [-0.05, 0) is 18.3 Å². The van der Waals surface area contributed by atoms with Gasteiger partial charge in [0.05, 0.1) is 18.7 Å². The van der Waals surface area contributed by atoms with Crippen LogP contribution in [0, 0.1) is 28.1 Å². The Morgan fingerprint density at radius 3 is 2.06 bits per heavy atom. The minimum atomic E-state index is 0.326. The van der Waals surface area contributed by atoms with Crippen LogP contribution in [-0.2, 0) is 0 Å². The Bertz CT molecular complexity index is 313. The maximum atomic E-state index is 8.77. The number of hydrogen-bond acceptors (Lipinski definition) is 4. The van der Waals surface area contributed by atoms with Crippen molar-refractivity contribution in [1.82, 2.24) is 9.80 Å². The molecule has 0 aromatic heterocycles. The van der Waals surface area contributed by atoms with Crippen molar-refractivity contribution in [1.29, 1.82) is 10.5 Å². The Kier molecular flexibility index (Phi) is 3.43. The van der Waals surface area contributed by atoms with Crippen LogP contribution in [0.15, 0.2) is 0 Å². The lowest BCUT2D eigenvalue weighted by atomic mass is 10.0. The van der Waals surface area contributed by atoms with Crippen LogP contribution in [0.4, 0.5) is 0 Å². The third-order valence-electron chi connectivity index (χ3n) is 3.73. The first-order chi connectivity index (χ1) is 7.78. The summed E-state index contributed by atoms with van der Waals surface area (Å²) in [5, 5.41) is 17.4. The molecule has 4 nitrogen and oxygen atoms in total. The molecule has 0 unspecified atom stereocenters. The molecule has 86 valence electrons. The maximum absolute atomic E-state index is 8.77. The van der Waals surface area contributed by atoms with E-state index in [-0.39, 0.29) is 0 Å².